The van der Waals surface area contributed by atoms with Crippen LogP contribution >= 0.6 is 0 Å². The molecule has 0 saturated carbocycles. The molecule has 1 aliphatic rings. The quantitative estimate of drug-likeness (QED) is 0.329. The van der Waals surface area contributed by atoms with Gasteiger partial charge in [0.05, 0.1) is 4.92 Å². The Hall–Kier alpha value is -3.08. The maximum atomic E-state index is 13.0. The second-order valence-corrected chi connectivity index (χ2v) is 9.79. The Bertz CT molecular complexity index is 1360. The lowest BCUT2D eigenvalue weighted by molar-refractivity contribution is -0.387. The van der Waals surface area contributed by atoms with E-state index in [1.165, 1.54) is 34.6 Å². The first-order chi connectivity index (χ1) is 15.2. The van der Waals surface area contributed by atoms with Crippen LogP contribution in [0.1, 0.15) is 16.7 Å². The van der Waals surface area contributed by atoms with Crippen molar-refractivity contribution >= 4 is 26.7 Å². The molecule has 0 N–H and O–H groups in total. The molecule has 0 spiro atoms. The van der Waals surface area contributed by atoms with Crippen LogP contribution in [0.4, 0.5) is 5.69 Å². The van der Waals surface area contributed by atoms with Crippen molar-refractivity contribution in [3.63, 3.8) is 0 Å². The average molecular weight is 458 g/mol. The number of fused-ring (bicyclic) bond motifs is 1. The lowest BCUT2D eigenvalue weighted by Gasteiger charge is -2.34. The van der Waals surface area contributed by atoms with Crippen LogP contribution in [0.3, 0.4) is 0 Å². The minimum absolute atomic E-state index is 0.200. The third-order valence-corrected chi connectivity index (χ3v) is 7.87. The molecular formula is C22H23N3O6S. The Morgan fingerprint density at radius 3 is 2.44 bits per heavy atom. The van der Waals surface area contributed by atoms with Crippen LogP contribution in [0, 0.1) is 24.0 Å². The molecule has 9 nitrogen and oxygen atoms in total. The number of hydrogen-bond acceptors (Lipinski definition) is 7. The molecule has 1 aliphatic heterocycles. The number of para-hydroxylation sites is 1. The zero-order valence-corrected chi connectivity index (χ0v) is 18.6. The molecule has 0 aliphatic carbocycles. The Morgan fingerprint density at radius 2 is 1.75 bits per heavy atom. The molecule has 1 aromatic heterocycles. The normalized spacial score (nSPS) is 15.8. The van der Waals surface area contributed by atoms with E-state index in [0.717, 1.165) is 22.1 Å². The number of nitro groups is 1. The van der Waals surface area contributed by atoms with Gasteiger partial charge in [-0.1, -0.05) is 24.3 Å². The zero-order chi connectivity index (χ0) is 23.0. The molecule has 32 heavy (non-hydrogen) atoms. The summed E-state index contributed by atoms with van der Waals surface area (Å²) in [5.41, 5.74) is 2.51. The fourth-order valence-corrected chi connectivity index (χ4v) is 5.57. The van der Waals surface area contributed by atoms with Gasteiger partial charge in [-0.3, -0.25) is 15.0 Å². The molecule has 168 valence electrons. The Kier molecular flexibility index (Phi) is 5.85. The van der Waals surface area contributed by atoms with Crippen molar-refractivity contribution in [3.8, 4) is 0 Å². The first-order valence-corrected chi connectivity index (χ1v) is 11.6. The highest BCUT2D eigenvalue weighted by Crippen LogP contribution is 2.28. The van der Waals surface area contributed by atoms with Crippen LogP contribution in [0.25, 0.3) is 11.0 Å². The number of hydrogen-bond donors (Lipinski definition) is 0. The van der Waals surface area contributed by atoms with Crippen LogP contribution < -0.4 is 5.63 Å². The van der Waals surface area contributed by atoms with Crippen LogP contribution in [0.15, 0.2) is 56.6 Å². The number of nitrogens with zero attached hydrogens (tertiary/aromatic N) is 3. The van der Waals surface area contributed by atoms with Gasteiger partial charge in [0, 0.05) is 50.2 Å². The van der Waals surface area contributed by atoms with Gasteiger partial charge in [0.15, 0.2) is 4.90 Å². The molecular weight excluding hydrogens is 434 g/mol. The van der Waals surface area contributed by atoms with Gasteiger partial charge in [-0.2, -0.15) is 4.31 Å². The van der Waals surface area contributed by atoms with E-state index in [1.54, 1.807) is 0 Å². The van der Waals surface area contributed by atoms with Crippen molar-refractivity contribution < 1.29 is 17.8 Å². The molecule has 2 heterocycles. The van der Waals surface area contributed by atoms with E-state index < -0.39 is 26.3 Å². The lowest BCUT2D eigenvalue weighted by atomic mass is 10.0. The summed E-state index contributed by atoms with van der Waals surface area (Å²) in [6.45, 7) is 5.62. The van der Waals surface area contributed by atoms with Gasteiger partial charge in [0.25, 0.3) is 5.69 Å². The fourth-order valence-electron chi connectivity index (χ4n) is 3.99. The third kappa shape index (κ3) is 4.04. The van der Waals surface area contributed by atoms with Gasteiger partial charge in [-0.05, 0) is 36.6 Å². The van der Waals surface area contributed by atoms with Crippen molar-refractivity contribution in [3.05, 3.63) is 79.7 Å². The Morgan fingerprint density at radius 1 is 1.06 bits per heavy atom. The molecule has 1 fully saturated rings. The minimum atomic E-state index is -3.99. The van der Waals surface area contributed by atoms with E-state index in [1.807, 2.05) is 26.0 Å². The lowest BCUT2D eigenvalue weighted by Crippen LogP contribution is -2.48. The first kappa shape index (κ1) is 22.1. The standard InChI is InChI=1S/C22H23N3O6S/c1-15-7-8-18-17(13-21(26)31-22(18)16(15)2)14-23-9-11-24(12-10-23)32(29,30)20-6-4-3-5-19(20)25(27)28/h3-8,13H,9-12,14H2,1-2H3. The summed E-state index contributed by atoms with van der Waals surface area (Å²) < 4.78 is 32.7. The highest BCUT2D eigenvalue weighted by Gasteiger charge is 2.33. The smallest absolute Gasteiger partial charge is 0.336 e. The zero-order valence-electron chi connectivity index (χ0n) is 17.8. The monoisotopic (exact) mass is 457 g/mol. The van der Waals surface area contributed by atoms with Crippen molar-refractivity contribution in [1.29, 1.82) is 0 Å². The number of benzene rings is 2. The summed E-state index contributed by atoms with van der Waals surface area (Å²) in [5.74, 6) is 0. The maximum absolute atomic E-state index is 13.0. The molecule has 0 bridgehead atoms. The Balaban J connectivity index is 1.54. The van der Waals surface area contributed by atoms with Gasteiger partial charge >= 0.3 is 5.63 Å². The largest absolute Gasteiger partial charge is 0.422 e. The van der Waals surface area contributed by atoms with E-state index in [0.29, 0.717) is 25.2 Å². The molecule has 0 atom stereocenters. The third-order valence-electron chi connectivity index (χ3n) is 5.92. The number of nitro benzene ring substituents is 1. The second kappa shape index (κ2) is 8.45. The van der Waals surface area contributed by atoms with Crippen molar-refractivity contribution in [1.82, 2.24) is 9.21 Å². The average Bonchev–Trinajstić information content (AvgIpc) is 2.77. The summed E-state index contributed by atoms with van der Waals surface area (Å²) in [5, 5.41) is 12.1. The van der Waals surface area contributed by atoms with Crippen molar-refractivity contribution in [2.75, 3.05) is 26.2 Å². The second-order valence-electron chi connectivity index (χ2n) is 7.88. The first-order valence-electron chi connectivity index (χ1n) is 10.2. The summed E-state index contributed by atoms with van der Waals surface area (Å²) in [6, 6.07) is 10.8. The summed E-state index contributed by atoms with van der Waals surface area (Å²) in [6.07, 6.45) is 0. The topological polar surface area (TPSA) is 114 Å². The number of piperazine rings is 1. The molecule has 2 aromatic carbocycles. The Labute approximate surface area is 185 Å². The van der Waals surface area contributed by atoms with E-state index in [-0.39, 0.29) is 18.0 Å². The van der Waals surface area contributed by atoms with E-state index >= 15 is 0 Å². The molecule has 3 aromatic rings. The predicted octanol–water partition coefficient (Wildman–Crippen LogP) is 2.82. The van der Waals surface area contributed by atoms with Gasteiger partial charge < -0.3 is 4.42 Å². The SMILES string of the molecule is Cc1ccc2c(CN3CCN(S(=O)(=O)c4ccccc4[N+](=O)[O-])CC3)cc(=O)oc2c1C. The van der Waals surface area contributed by atoms with E-state index in [9.17, 15) is 23.3 Å². The van der Waals surface area contributed by atoms with Crippen LogP contribution in [0.5, 0.6) is 0 Å². The van der Waals surface area contributed by atoms with Crippen molar-refractivity contribution in [2.45, 2.75) is 25.3 Å². The van der Waals surface area contributed by atoms with Crippen LogP contribution in [0.2, 0.25) is 0 Å². The fraction of sp³-hybridized carbons (Fsp3) is 0.318. The van der Waals surface area contributed by atoms with Crippen molar-refractivity contribution in [2.24, 2.45) is 0 Å². The summed E-state index contributed by atoms with van der Waals surface area (Å²) >= 11 is 0. The number of rotatable bonds is 5. The molecule has 4 rings (SSSR count). The van der Waals surface area contributed by atoms with Gasteiger partial charge in [0.2, 0.25) is 10.0 Å². The predicted molar refractivity (Wildman–Crippen MR) is 119 cm³/mol. The van der Waals surface area contributed by atoms with E-state index in [4.69, 9.17) is 4.42 Å². The van der Waals surface area contributed by atoms with Gasteiger partial charge in [-0.15, -0.1) is 0 Å². The molecule has 1 saturated heterocycles. The van der Waals surface area contributed by atoms with Crippen LogP contribution in [-0.2, 0) is 16.6 Å². The number of aryl methyl sites for hydroxylation is 2. The summed E-state index contributed by atoms with van der Waals surface area (Å²) in [7, 11) is -3.99. The van der Waals surface area contributed by atoms with Gasteiger partial charge in [-0.25, -0.2) is 13.2 Å². The minimum Gasteiger partial charge on any atom is -0.422 e. The highest BCUT2D eigenvalue weighted by atomic mass is 32.2. The molecule has 10 heteroatoms. The number of sulfonamides is 1. The maximum Gasteiger partial charge on any atom is 0.336 e. The van der Waals surface area contributed by atoms with Crippen LogP contribution in [-0.4, -0.2) is 48.7 Å². The molecule has 0 unspecified atom stereocenters. The highest BCUT2D eigenvalue weighted by molar-refractivity contribution is 7.89. The van der Waals surface area contributed by atoms with Gasteiger partial charge in [0.1, 0.15) is 5.58 Å². The molecule has 0 radical (unpaired) electrons. The summed E-state index contributed by atoms with van der Waals surface area (Å²) in [4.78, 5) is 24.5. The van der Waals surface area contributed by atoms with E-state index in [2.05, 4.69) is 4.90 Å². The molecule has 0 amide bonds.